The zero-order valence-electron chi connectivity index (χ0n) is 17.0. The first kappa shape index (κ1) is 21.1. The zero-order valence-corrected chi connectivity index (χ0v) is 17.0. The minimum Gasteiger partial charge on any atom is -0.479 e. The van der Waals surface area contributed by atoms with Gasteiger partial charge in [0.05, 0.1) is 0 Å². The van der Waals surface area contributed by atoms with Crippen molar-refractivity contribution in [3.05, 3.63) is 35.4 Å². The first-order valence-electron chi connectivity index (χ1n) is 9.86. The van der Waals surface area contributed by atoms with Crippen molar-refractivity contribution in [1.29, 1.82) is 0 Å². The molecule has 2 N–H and O–H groups in total. The van der Waals surface area contributed by atoms with Gasteiger partial charge in [-0.2, -0.15) is 0 Å². The Balaban J connectivity index is 1.85. The van der Waals surface area contributed by atoms with Gasteiger partial charge < -0.3 is 24.8 Å². The Bertz CT molecular complexity index is 782. The third kappa shape index (κ3) is 4.87. The highest BCUT2D eigenvalue weighted by molar-refractivity contribution is 5.91. The molecule has 158 valence electrons. The van der Waals surface area contributed by atoms with E-state index < -0.39 is 35.7 Å². The average Bonchev–Trinajstić information content (AvgIpc) is 3.04. The Labute approximate surface area is 170 Å². The van der Waals surface area contributed by atoms with Crippen molar-refractivity contribution >= 4 is 18.0 Å². The highest BCUT2D eigenvalue weighted by Gasteiger charge is 2.43. The number of carboxylic acids is 1. The van der Waals surface area contributed by atoms with Crippen LogP contribution in [-0.4, -0.2) is 52.8 Å². The van der Waals surface area contributed by atoms with Gasteiger partial charge in [-0.05, 0) is 50.7 Å². The molecule has 2 atom stereocenters. The van der Waals surface area contributed by atoms with Gasteiger partial charge in [0, 0.05) is 19.8 Å². The van der Waals surface area contributed by atoms with Crippen molar-refractivity contribution in [2.45, 2.75) is 57.8 Å². The first-order chi connectivity index (χ1) is 13.7. The molecular weight excluding hydrogens is 376 g/mol. The van der Waals surface area contributed by atoms with E-state index >= 15 is 0 Å². The van der Waals surface area contributed by atoms with Crippen LogP contribution in [0.25, 0.3) is 0 Å². The molecule has 0 saturated carbocycles. The molecule has 2 unspecified atom stereocenters. The molecule has 29 heavy (non-hydrogen) atoms. The maximum Gasteiger partial charge on any atom is 0.408 e. The highest BCUT2D eigenvalue weighted by atomic mass is 16.6. The van der Waals surface area contributed by atoms with Gasteiger partial charge in [0.15, 0.2) is 6.04 Å². The molecule has 1 aromatic rings. The SMILES string of the molecule is CC(C)(C)OC(=O)NC(C(=O)N1Cc2ccccc2C1C(=O)O)C1CCOCC1. The van der Waals surface area contributed by atoms with Crippen molar-refractivity contribution in [2.24, 2.45) is 5.92 Å². The number of nitrogens with zero attached hydrogens (tertiary/aromatic N) is 1. The minimum atomic E-state index is -1.09. The highest BCUT2D eigenvalue weighted by Crippen LogP contribution is 2.35. The number of carbonyl (C=O) groups excluding carboxylic acids is 2. The Morgan fingerprint density at radius 3 is 2.48 bits per heavy atom. The minimum absolute atomic E-state index is 0.151. The van der Waals surface area contributed by atoms with Crippen molar-refractivity contribution in [3.63, 3.8) is 0 Å². The number of aliphatic carboxylic acids is 1. The summed E-state index contributed by atoms with van der Waals surface area (Å²) in [7, 11) is 0. The van der Waals surface area contributed by atoms with Crippen molar-refractivity contribution in [3.8, 4) is 0 Å². The maximum atomic E-state index is 13.5. The van der Waals surface area contributed by atoms with Crippen LogP contribution in [0.15, 0.2) is 24.3 Å². The van der Waals surface area contributed by atoms with Gasteiger partial charge in [-0.3, -0.25) is 4.79 Å². The number of hydrogen-bond acceptors (Lipinski definition) is 5. The summed E-state index contributed by atoms with van der Waals surface area (Å²) in [6.07, 6.45) is 0.515. The lowest BCUT2D eigenvalue weighted by molar-refractivity contribution is -0.152. The molecule has 3 rings (SSSR count). The predicted octanol–water partition coefficient (Wildman–Crippen LogP) is 2.47. The summed E-state index contributed by atoms with van der Waals surface area (Å²) < 4.78 is 10.7. The molecule has 8 nitrogen and oxygen atoms in total. The third-order valence-electron chi connectivity index (χ3n) is 5.19. The Morgan fingerprint density at radius 1 is 1.21 bits per heavy atom. The molecule has 2 amide bonds. The largest absolute Gasteiger partial charge is 0.479 e. The molecule has 2 aliphatic heterocycles. The number of carboxylic acid groups (broad SMARTS) is 1. The molecular formula is C21H28N2O6. The van der Waals surface area contributed by atoms with Crippen molar-refractivity contribution in [2.75, 3.05) is 13.2 Å². The lowest BCUT2D eigenvalue weighted by Gasteiger charge is -2.34. The molecule has 0 radical (unpaired) electrons. The fourth-order valence-corrected chi connectivity index (χ4v) is 3.90. The Hall–Kier alpha value is -2.61. The number of fused-ring (bicyclic) bond motifs is 1. The van der Waals surface area contributed by atoms with Crippen LogP contribution in [0.1, 0.15) is 50.8 Å². The summed E-state index contributed by atoms with van der Waals surface area (Å²) >= 11 is 0. The number of rotatable bonds is 4. The monoisotopic (exact) mass is 404 g/mol. The van der Waals surface area contributed by atoms with Crippen molar-refractivity contribution in [1.82, 2.24) is 10.2 Å². The molecule has 2 aliphatic rings. The van der Waals surface area contributed by atoms with E-state index in [1.165, 1.54) is 4.90 Å². The Kier molecular flexibility index (Phi) is 6.12. The van der Waals surface area contributed by atoms with E-state index in [2.05, 4.69) is 5.32 Å². The smallest absolute Gasteiger partial charge is 0.408 e. The van der Waals surface area contributed by atoms with Gasteiger partial charge in [0.2, 0.25) is 5.91 Å². The molecule has 1 fully saturated rings. The van der Waals surface area contributed by atoms with Crippen LogP contribution in [0.3, 0.4) is 0 Å². The second kappa shape index (κ2) is 8.41. The Morgan fingerprint density at radius 2 is 1.86 bits per heavy atom. The second-order valence-corrected chi connectivity index (χ2v) is 8.48. The van der Waals surface area contributed by atoms with Gasteiger partial charge in [0.1, 0.15) is 11.6 Å². The van der Waals surface area contributed by atoms with Crippen LogP contribution in [0.2, 0.25) is 0 Å². The molecule has 8 heteroatoms. The van der Waals surface area contributed by atoms with E-state index in [9.17, 15) is 19.5 Å². The molecule has 0 bridgehead atoms. The van der Waals surface area contributed by atoms with Crippen LogP contribution in [-0.2, 0) is 25.6 Å². The molecule has 2 heterocycles. The average molecular weight is 404 g/mol. The van der Waals surface area contributed by atoms with E-state index in [0.29, 0.717) is 31.6 Å². The summed E-state index contributed by atoms with van der Waals surface area (Å²) in [5, 5.41) is 12.5. The van der Waals surface area contributed by atoms with E-state index in [1.807, 2.05) is 12.1 Å². The van der Waals surface area contributed by atoms with Gasteiger partial charge >= 0.3 is 12.1 Å². The molecule has 0 aliphatic carbocycles. The van der Waals surface area contributed by atoms with Crippen LogP contribution in [0, 0.1) is 5.92 Å². The lowest BCUT2D eigenvalue weighted by Crippen LogP contribution is -2.54. The molecule has 1 aromatic carbocycles. The summed E-state index contributed by atoms with van der Waals surface area (Å²) in [5.41, 5.74) is 0.702. The number of benzene rings is 1. The maximum absolute atomic E-state index is 13.5. The number of alkyl carbamates (subject to hydrolysis) is 1. The van der Waals surface area contributed by atoms with E-state index in [1.54, 1.807) is 32.9 Å². The van der Waals surface area contributed by atoms with Crippen molar-refractivity contribution < 1.29 is 29.0 Å². The zero-order chi connectivity index (χ0) is 21.2. The second-order valence-electron chi connectivity index (χ2n) is 8.48. The molecule has 0 aromatic heterocycles. The predicted molar refractivity (Wildman–Crippen MR) is 104 cm³/mol. The van der Waals surface area contributed by atoms with Crippen LogP contribution in [0.5, 0.6) is 0 Å². The van der Waals surface area contributed by atoms with Crippen LogP contribution >= 0.6 is 0 Å². The normalized spacial score (nSPS) is 20.7. The number of ether oxygens (including phenoxy) is 2. The summed E-state index contributed by atoms with van der Waals surface area (Å²) in [5.74, 6) is -1.65. The summed E-state index contributed by atoms with van der Waals surface area (Å²) in [6.45, 7) is 6.42. The third-order valence-corrected chi connectivity index (χ3v) is 5.19. The standard InChI is InChI=1S/C21H28N2O6/c1-21(2,3)29-20(27)22-16(13-8-10-28-11-9-13)18(24)23-12-14-6-4-5-7-15(14)17(23)19(25)26/h4-7,13,16-17H,8-12H2,1-3H3,(H,22,27)(H,25,26). The van der Waals surface area contributed by atoms with Crippen LogP contribution < -0.4 is 5.32 Å². The number of carbonyl (C=O) groups is 3. The fraction of sp³-hybridized carbons (Fsp3) is 0.571. The number of hydrogen-bond donors (Lipinski definition) is 2. The van der Waals surface area contributed by atoms with Gasteiger partial charge in [-0.25, -0.2) is 9.59 Å². The quantitative estimate of drug-likeness (QED) is 0.799. The molecule has 0 spiro atoms. The first-order valence-corrected chi connectivity index (χ1v) is 9.86. The lowest BCUT2D eigenvalue weighted by atomic mass is 9.90. The van der Waals surface area contributed by atoms with E-state index in [4.69, 9.17) is 9.47 Å². The van der Waals surface area contributed by atoms with Gasteiger partial charge in [0.25, 0.3) is 0 Å². The van der Waals surface area contributed by atoms with Gasteiger partial charge in [-0.15, -0.1) is 0 Å². The molecule has 1 saturated heterocycles. The topological polar surface area (TPSA) is 105 Å². The van der Waals surface area contributed by atoms with Crippen LogP contribution in [0.4, 0.5) is 4.79 Å². The fourth-order valence-electron chi connectivity index (χ4n) is 3.90. The van der Waals surface area contributed by atoms with Gasteiger partial charge in [-0.1, -0.05) is 24.3 Å². The summed E-state index contributed by atoms with van der Waals surface area (Å²) in [4.78, 5) is 39.2. The summed E-state index contributed by atoms with van der Waals surface area (Å²) in [6, 6.07) is 5.19. The number of nitrogens with one attached hydrogen (secondary N) is 1. The van der Waals surface area contributed by atoms with E-state index in [-0.39, 0.29) is 12.5 Å². The number of amides is 2. The van der Waals surface area contributed by atoms with E-state index in [0.717, 1.165) is 5.56 Å².